The minimum absolute atomic E-state index is 0.0960. The Morgan fingerprint density at radius 1 is 0.500 bits per heavy atom. The molecule has 46 heteroatoms. The summed E-state index contributed by atoms with van der Waals surface area (Å²) in [6, 6.07) is -4.18. The lowest BCUT2D eigenvalue weighted by atomic mass is 9.99. The third-order valence-electron chi connectivity index (χ3n) is 23.6. The van der Waals surface area contributed by atoms with Gasteiger partial charge in [-0.2, -0.15) is 0 Å². The van der Waals surface area contributed by atoms with Crippen LogP contribution in [0.2, 0.25) is 0 Å². The van der Waals surface area contributed by atoms with Crippen molar-refractivity contribution in [3.8, 4) is 5.75 Å². The van der Waals surface area contributed by atoms with Crippen LogP contribution in [0.25, 0.3) is 21.8 Å². The molecule has 15 atom stereocenters. The molecule has 0 aliphatic carbocycles. The molecule has 17 amide bonds. The number of primary amides is 2. The van der Waals surface area contributed by atoms with Crippen molar-refractivity contribution in [3.63, 3.8) is 0 Å². The van der Waals surface area contributed by atoms with Crippen molar-refractivity contribution in [2.24, 2.45) is 17.2 Å². The minimum Gasteiger partial charge on any atom is -0.497 e. The van der Waals surface area contributed by atoms with Gasteiger partial charge in [-0.05, 0) is 86.4 Å². The van der Waals surface area contributed by atoms with Gasteiger partial charge >= 0.3 is 17.9 Å². The first-order valence-electron chi connectivity index (χ1n) is 44.0. The number of rotatable bonds is 27. The maximum Gasteiger partial charge on any atom is 0.305 e. The van der Waals surface area contributed by atoms with E-state index in [1.54, 1.807) is 92.8 Å². The Hall–Kier alpha value is -13.8. The molecule has 22 N–H and O–H groups in total. The molecule has 728 valence electrons. The van der Waals surface area contributed by atoms with E-state index in [-0.39, 0.29) is 57.9 Å². The molecule has 5 aromatic rings. The summed E-state index contributed by atoms with van der Waals surface area (Å²) >= 11 is 0.699. The van der Waals surface area contributed by atoms with Gasteiger partial charge in [0.2, 0.25) is 100 Å². The quantitative estimate of drug-likeness (QED) is 0.0240. The van der Waals surface area contributed by atoms with Crippen molar-refractivity contribution >= 4 is 152 Å². The summed E-state index contributed by atoms with van der Waals surface area (Å²) in [5, 5.41) is 67.9. The number of carboxylic acid groups (broad SMARTS) is 3. The highest BCUT2D eigenvalue weighted by Gasteiger charge is 2.47. The third-order valence-corrected chi connectivity index (χ3v) is 24.6. The number of benzene rings is 3. The van der Waals surface area contributed by atoms with Crippen LogP contribution in [0.4, 0.5) is 0 Å². The summed E-state index contributed by atoms with van der Waals surface area (Å²) < 4.78 is 5.31. The van der Waals surface area contributed by atoms with Crippen molar-refractivity contribution in [1.82, 2.24) is 87.6 Å². The maximum atomic E-state index is 15.7. The second-order valence-corrected chi connectivity index (χ2v) is 34.3. The van der Waals surface area contributed by atoms with Crippen LogP contribution < -0.4 is 75.1 Å². The van der Waals surface area contributed by atoms with Crippen LogP contribution in [-0.2, 0) is 115 Å². The van der Waals surface area contributed by atoms with Crippen LogP contribution in [0.3, 0.4) is 0 Å². The normalized spacial score (nSPS) is 24.8. The molecule has 0 spiro atoms. The van der Waals surface area contributed by atoms with Gasteiger partial charge in [-0.3, -0.25) is 95.9 Å². The fraction of sp³-hybridized carbons (Fsp3) is 0.523. The molecule has 2 unspecified atom stereocenters. The number of H-pyrrole nitrogens is 2. The molecule has 3 aliphatic heterocycles. The number of aromatic nitrogens is 2. The Labute approximate surface area is 774 Å². The molecule has 3 fully saturated rings. The molecule has 3 aliphatic rings. The van der Waals surface area contributed by atoms with Gasteiger partial charge in [0.15, 0.2) is 0 Å². The van der Waals surface area contributed by atoms with Gasteiger partial charge in [0.1, 0.15) is 90.3 Å². The first kappa shape index (κ1) is 106. The highest BCUT2D eigenvalue weighted by atomic mass is 32.2. The summed E-state index contributed by atoms with van der Waals surface area (Å²) in [5.74, 6) is -23.5. The molecular formula is C88H120N20O25S. The first-order chi connectivity index (χ1) is 63.7. The van der Waals surface area contributed by atoms with E-state index in [4.69, 9.17) is 21.9 Å². The van der Waals surface area contributed by atoms with Crippen LogP contribution in [0.15, 0.2) is 85.2 Å². The van der Waals surface area contributed by atoms with E-state index in [2.05, 4.69) is 63.1 Å². The number of hydrogen-bond donors (Lipinski definition) is 19. The average molecular weight is 1890 g/mol. The Morgan fingerprint density at radius 3 is 1.58 bits per heavy atom. The SMILES string of the molecule is CCCC[C@H]1C(=O)N(C)[C@@H](CCCC)C(=O)NC(CCC(=O)O)C(=O)N[C@H](C(=O)NCC(N)=O)CSCC(=O)N[C@@H](Cc2ccc(OC)cc2)C(=O)N(C)[C@@H](C)C(=O)N[C@@H](CC(N)=O)C(=O)N2CCC[C@H]2C(=O)NC(CN)C(=O)N[C@@H](CCC(=O)O)C(=O)N2C[C@H](O)C[C@H]2C(=O)N[C@@H](Cc2c[nH]c3ccccc23)C(=O)N[C@@H](CC(=O)O)C(=O)N[C@@H](Cc2c[nH]c3ccccc23)C(=O)N1C. The van der Waals surface area contributed by atoms with Crippen molar-refractivity contribution in [2.75, 3.05) is 65.9 Å². The number of nitrogens with zero attached hydrogens (tertiary/aromatic N) is 5. The number of fused-ring (bicyclic) bond motifs is 4. The lowest BCUT2D eigenvalue weighted by Crippen LogP contribution is -2.61. The van der Waals surface area contributed by atoms with E-state index in [0.717, 1.165) is 24.5 Å². The molecule has 2 aromatic heterocycles. The van der Waals surface area contributed by atoms with E-state index in [1.807, 2.05) is 0 Å². The zero-order valence-electron chi connectivity index (χ0n) is 75.5. The Morgan fingerprint density at radius 2 is 1.00 bits per heavy atom. The number of unbranched alkanes of at least 4 members (excludes halogenated alkanes) is 2. The number of aromatic amines is 2. The summed E-state index contributed by atoms with van der Waals surface area (Å²) in [7, 11) is 5.10. The van der Waals surface area contributed by atoms with Gasteiger partial charge < -0.3 is 130 Å². The summed E-state index contributed by atoms with van der Waals surface area (Å²) in [6.45, 7) is 2.46. The molecule has 8 rings (SSSR count). The Balaban J connectivity index is 1.20. The fourth-order valence-corrected chi connectivity index (χ4v) is 16.9. The van der Waals surface area contributed by atoms with Crippen LogP contribution in [-0.4, -0.2) is 330 Å². The Bertz CT molecular complexity index is 5130. The second-order valence-electron chi connectivity index (χ2n) is 33.3. The largest absolute Gasteiger partial charge is 0.497 e. The predicted octanol–water partition coefficient (Wildman–Crippen LogP) is -3.73. The lowest BCUT2D eigenvalue weighted by molar-refractivity contribution is -0.149. The predicted molar refractivity (Wildman–Crippen MR) is 482 cm³/mol. The van der Waals surface area contributed by atoms with Crippen LogP contribution in [0.1, 0.15) is 134 Å². The second kappa shape index (κ2) is 50.2. The van der Waals surface area contributed by atoms with E-state index < -0.39 is 292 Å². The number of thioether (sulfide) groups is 1. The van der Waals surface area contributed by atoms with Gasteiger partial charge in [0.25, 0.3) is 0 Å². The average Bonchev–Trinajstić information content (AvgIpc) is 1.61. The van der Waals surface area contributed by atoms with Crippen LogP contribution in [0.5, 0.6) is 5.75 Å². The zero-order valence-corrected chi connectivity index (χ0v) is 76.3. The smallest absolute Gasteiger partial charge is 0.305 e. The van der Waals surface area contributed by atoms with Crippen molar-refractivity contribution < 1.29 is 121 Å². The number of aliphatic carboxylic acids is 3. The van der Waals surface area contributed by atoms with Crippen molar-refractivity contribution in [1.29, 1.82) is 0 Å². The maximum absolute atomic E-state index is 15.7. The van der Waals surface area contributed by atoms with E-state index in [0.29, 0.717) is 68.8 Å². The number of carboxylic acids is 3. The summed E-state index contributed by atoms with van der Waals surface area (Å²) in [5.41, 5.74) is 19.5. The molecule has 3 aromatic carbocycles. The number of carbonyl (C=O) groups is 20. The molecule has 0 saturated carbocycles. The highest BCUT2D eigenvalue weighted by molar-refractivity contribution is 8.00. The molecule has 0 bridgehead atoms. The third kappa shape index (κ3) is 29.4. The van der Waals surface area contributed by atoms with Gasteiger partial charge in [-0.1, -0.05) is 88.1 Å². The number of aliphatic hydroxyl groups is 1. The van der Waals surface area contributed by atoms with Gasteiger partial charge in [0, 0.05) is 119 Å². The Kier molecular flexibility index (Phi) is 39.5. The highest BCUT2D eigenvalue weighted by Crippen LogP contribution is 2.28. The number of hydrogen-bond acceptors (Lipinski definition) is 24. The zero-order chi connectivity index (χ0) is 98.5. The van der Waals surface area contributed by atoms with Crippen LogP contribution >= 0.6 is 11.8 Å². The number of ether oxygens (including phenoxy) is 1. The summed E-state index contributed by atoms with van der Waals surface area (Å²) in [4.78, 5) is 297. The van der Waals surface area contributed by atoms with Crippen molar-refractivity contribution in [2.45, 2.75) is 227 Å². The van der Waals surface area contributed by atoms with Gasteiger partial charge in [-0.15, -0.1) is 11.8 Å². The molecule has 0 radical (unpaired) electrons. The number of methoxy groups -OCH3 is 1. The van der Waals surface area contributed by atoms with Gasteiger partial charge in [-0.25, -0.2) is 0 Å². The minimum atomic E-state index is -2.11. The monoisotopic (exact) mass is 1890 g/mol. The van der Waals surface area contributed by atoms with E-state index >= 15 is 33.6 Å². The number of nitrogens with two attached hydrogens (primary N) is 3. The number of para-hydroxylation sites is 2. The van der Waals surface area contributed by atoms with Gasteiger partial charge in [0.05, 0.1) is 38.4 Å². The van der Waals surface area contributed by atoms with Crippen molar-refractivity contribution in [3.05, 3.63) is 102 Å². The van der Waals surface area contributed by atoms with E-state index in [1.165, 1.54) is 41.4 Å². The molecule has 3 saturated heterocycles. The topological polar surface area (TPSA) is 678 Å². The summed E-state index contributed by atoms with van der Waals surface area (Å²) in [6.07, 6.45) is -3.96. The number of amides is 17. The molecular weight excluding hydrogens is 1770 g/mol. The number of likely N-dealkylation sites (N-methyl/N-ethyl adjacent to an activating group) is 3. The molecule has 134 heavy (non-hydrogen) atoms. The number of carbonyl (C=O) groups excluding carboxylic acids is 17. The lowest BCUT2D eigenvalue weighted by Gasteiger charge is -2.36. The molecule has 45 nitrogen and oxygen atoms in total. The number of nitrogens with one attached hydrogen (secondary N) is 12. The standard InChI is InChI=1S/C88H120N20O25S/c1-8-10-21-65-81(125)96-56(28-30-72(113)114)77(121)103-64(76(120)94-42-70(91)111)44-134-45-71(112)95-60(33-47-24-26-51(133-7)27-25-47)84(128)104(4)46(3)75(119)100-62(37-69(90)110)87(131)107-32-16-23-66(107)82(126)102-63(39-89)80(124)97-57(29-31-73(115)116)86(130)108-43-50(109)36-68(108)83(127)99-58(34-48-40-92-54-19-14-12-17-52(48)54)78(122)98-59(38-74(117)118)79(123)101-61(35-49-41-93-55-20-15-13-18-53(49)55)85(129)106(6)67(22-11-9-2)88(132)105(65)5/h12-15,17-20,24-27,40-41,46,50,56-68,92-93,109H,8-11,16,21-23,28-39,42-45,89H2,1-7H3,(H2,90,110)(H2,91,111)(H,94,120)(H,95,112)(H,96,125)(H,97,124)(H,98,122)(H,99,127)(H,100,119)(H,101,123)(H,102,126)(H,103,121)(H,113,114)(H,115,116)(H,117,118)/t46-,50+,56?,57-,58-,59-,60-,61-,62-,63?,64-,65-,66-,67-,68-/m0/s1. The van der Waals surface area contributed by atoms with E-state index in [9.17, 15) is 82.8 Å². The first-order valence-corrected chi connectivity index (χ1v) is 45.1. The fourth-order valence-electron chi connectivity index (χ4n) is 16.1. The molecule has 5 heterocycles. The number of aliphatic hydroxyl groups excluding tert-OH is 1. The van der Waals surface area contributed by atoms with Crippen LogP contribution in [0, 0.1) is 0 Å².